The van der Waals surface area contributed by atoms with Crippen molar-refractivity contribution >= 4 is 17.7 Å². The molecule has 1 saturated carbocycles. The van der Waals surface area contributed by atoms with Crippen molar-refractivity contribution < 1.29 is 14.3 Å². The summed E-state index contributed by atoms with van der Waals surface area (Å²) < 4.78 is 11.4. The molecule has 0 aromatic heterocycles. The van der Waals surface area contributed by atoms with Crippen molar-refractivity contribution in [2.45, 2.75) is 51.5 Å². The molecule has 0 bridgehead atoms. The number of benzene rings is 3. The number of carbonyl (C=O) groups excluding carboxylic acids is 1. The first-order chi connectivity index (χ1) is 18.3. The number of methoxy groups -OCH3 is 2. The second-order valence-electron chi connectivity index (χ2n) is 11.1. The molecule has 0 saturated heterocycles. The number of ether oxygens (including phenoxy) is 2. The SMILES string of the molecule is COc1ccccc1/C=C1/CCC[C@@H]2C1=NN(C(=O)c1ccc(C(C)(C)C)cc1)[C@@H]2c1ccccc1OC. The summed E-state index contributed by atoms with van der Waals surface area (Å²) in [6.45, 7) is 6.52. The number of allylic oxidation sites excluding steroid dienone is 1. The Balaban J connectivity index is 1.59. The molecule has 0 spiro atoms. The van der Waals surface area contributed by atoms with Crippen LogP contribution in [0.2, 0.25) is 0 Å². The molecule has 2 aliphatic rings. The molecule has 1 aliphatic carbocycles. The standard InChI is InChI=1S/C33H36N2O3/c1-33(2,3)25-19-17-22(18-20-25)32(36)35-31(26-13-7-9-16-29(26)38-5)27-14-10-12-24(30(27)34-35)21-23-11-6-8-15-28(23)37-4/h6-9,11,13,15-21,27,31H,10,12,14H2,1-5H3/b24-21-/t27-,31-/m1/s1. The van der Waals surface area contributed by atoms with E-state index in [2.05, 4.69) is 51.1 Å². The highest BCUT2D eigenvalue weighted by molar-refractivity contribution is 6.09. The lowest BCUT2D eigenvalue weighted by Crippen LogP contribution is -2.32. The Labute approximate surface area is 225 Å². The molecular formula is C33H36N2O3. The topological polar surface area (TPSA) is 51.1 Å². The molecule has 3 aromatic carbocycles. The van der Waals surface area contributed by atoms with Crippen LogP contribution in [0.15, 0.2) is 83.5 Å². The second-order valence-corrected chi connectivity index (χ2v) is 11.1. The number of hydrogen-bond acceptors (Lipinski definition) is 4. The summed E-state index contributed by atoms with van der Waals surface area (Å²) in [5, 5.41) is 6.76. The van der Waals surface area contributed by atoms with Crippen molar-refractivity contribution in [1.82, 2.24) is 5.01 Å². The quantitative estimate of drug-likeness (QED) is 0.360. The van der Waals surface area contributed by atoms with Crippen LogP contribution in [-0.2, 0) is 5.41 Å². The minimum atomic E-state index is -0.239. The molecule has 5 heteroatoms. The second kappa shape index (κ2) is 10.5. The van der Waals surface area contributed by atoms with Gasteiger partial charge in [0.25, 0.3) is 5.91 Å². The lowest BCUT2D eigenvalue weighted by molar-refractivity contribution is 0.0678. The Hall–Kier alpha value is -3.86. The summed E-state index contributed by atoms with van der Waals surface area (Å²) in [4.78, 5) is 14.0. The molecule has 196 valence electrons. The van der Waals surface area contributed by atoms with Gasteiger partial charge in [-0.3, -0.25) is 4.79 Å². The molecule has 1 fully saturated rings. The summed E-state index contributed by atoms with van der Waals surface area (Å²) in [5.41, 5.74) is 5.99. The Kier molecular flexibility index (Phi) is 7.11. The molecule has 38 heavy (non-hydrogen) atoms. The van der Waals surface area contributed by atoms with Gasteiger partial charge in [0.05, 0.1) is 26.0 Å². The molecule has 5 nitrogen and oxygen atoms in total. The van der Waals surface area contributed by atoms with Crippen LogP contribution < -0.4 is 9.47 Å². The molecule has 0 unspecified atom stereocenters. The van der Waals surface area contributed by atoms with Crippen molar-refractivity contribution in [2.75, 3.05) is 14.2 Å². The molecular weight excluding hydrogens is 472 g/mol. The van der Waals surface area contributed by atoms with Crippen LogP contribution in [0.25, 0.3) is 6.08 Å². The third-order valence-corrected chi connectivity index (χ3v) is 7.63. The third-order valence-electron chi connectivity index (χ3n) is 7.63. The van der Waals surface area contributed by atoms with Gasteiger partial charge >= 0.3 is 0 Å². The van der Waals surface area contributed by atoms with Crippen LogP contribution in [0.4, 0.5) is 0 Å². The predicted octanol–water partition coefficient (Wildman–Crippen LogP) is 7.44. The highest BCUT2D eigenvalue weighted by atomic mass is 16.5. The molecule has 2 atom stereocenters. The Morgan fingerprint density at radius 1 is 0.921 bits per heavy atom. The number of hydrogen-bond donors (Lipinski definition) is 0. The number of carbonyl (C=O) groups is 1. The van der Waals surface area contributed by atoms with E-state index in [4.69, 9.17) is 14.6 Å². The van der Waals surface area contributed by atoms with Gasteiger partial charge in [-0.25, -0.2) is 5.01 Å². The number of hydrazone groups is 1. The zero-order chi connectivity index (χ0) is 26.9. The van der Waals surface area contributed by atoms with Gasteiger partial charge in [-0.05, 0) is 66.2 Å². The van der Waals surface area contributed by atoms with E-state index in [1.54, 1.807) is 19.2 Å². The summed E-state index contributed by atoms with van der Waals surface area (Å²) in [5.74, 6) is 1.59. The normalized spacial score (nSPS) is 20.2. The summed E-state index contributed by atoms with van der Waals surface area (Å²) in [6, 6.07) is 23.7. The van der Waals surface area contributed by atoms with Crippen LogP contribution in [-0.4, -0.2) is 30.8 Å². The lowest BCUT2D eigenvalue weighted by Gasteiger charge is -2.30. The van der Waals surface area contributed by atoms with E-state index in [9.17, 15) is 4.79 Å². The van der Waals surface area contributed by atoms with Gasteiger partial charge in [0, 0.05) is 22.6 Å². The Morgan fingerprint density at radius 2 is 1.58 bits per heavy atom. The highest BCUT2D eigenvalue weighted by Gasteiger charge is 2.45. The van der Waals surface area contributed by atoms with Crippen LogP contribution in [0.3, 0.4) is 0 Å². The van der Waals surface area contributed by atoms with Crippen molar-refractivity contribution in [2.24, 2.45) is 11.0 Å². The first kappa shape index (κ1) is 25.8. The minimum Gasteiger partial charge on any atom is -0.496 e. The third kappa shape index (κ3) is 4.85. The van der Waals surface area contributed by atoms with Gasteiger partial charge in [-0.2, -0.15) is 5.10 Å². The van der Waals surface area contributed by atoms with Gasteiger partial charge in [-0.15, -0.1) is 0 Å². The maximum atomic E-state index is 14.0. The van der Waals surface area contributed by atoms with Crippen molar-refractivity contribution in [3.05, 3.63) is 101 Å². The van der Waals surface area contributed by atoms with Gasteiger partial charge in [0.15, 0.2) is 0 Å². The van der Waals surface area contributed by atoms with Crippen LogP contribution in [0.5, 0.6) is 11.5 Å². The Bertz CT molecular complexity index is 1380. The average Bonchev–Trinajstić information content (AvgIpc) is 3.33. The molecule has 1 amide bonds. The van der Waals surface area contributed by atoms with E-state index in [0.29, 0.717) is 5.56 Å². The van der Waals surface area contributed by atoms with Gasteiger partial charge in [0.2, 0.25) is 0 Å². The molecule has 0 radical (unpaired) electrons. The zero-order valence-electron chi connectivity index (χ0n) is 22.9. The number of fused-ring (bicyclic) bond motifs is 1. The van der Waals surface area contributed by atoms with E-state index >= 15 is 0 Å². The fourth-order valence-electron chi connectivity index (χ4n) is 5.61. The van der Waals surface area contributed by atoms with E-state index < -0.39 is 0 Å². The number of nitrogens with zero attached hydrogens (tertiary/aromatic N) is 2. The predicted molar refractivity (Wildman–Crippen MR) is 153 cm³/mol. The van der Waals surface area contributed by atoms with E-state index in [-0.39, 0.29) is 23.3 Å². The fourth-order valence-corrected chi connectivity index (χ4v) is 5.61. The van der Waals surface area contributed by atoms with Gasteiger partial charge in [0.1, 0.15) is 11.5 Å². The van der Waals surface area contributed by atoms with E-state index in [1.807, 2.05) is 48.5 Å². The first-order valence-electron chi connectivity index (χ1n) is 13.3. The van der Waals surface area contributed by atoms with Gasteiger partial charge in [-0.1, -0.05) is 69.3 Å². The summed E-state index contributed by atoms with van der Waals surface area (Å²) in [6.07, 6.45) is 5.07. The van der Waals surface area contributed by atoms with Crippen molar-refractivity contribution in [1.29, 1.82) is 0 Å². The number of rotatable bonds is 5. The average molecular weight is 509 g/mol. The largest absolute Gasteiger partial charge is 0.496 e. The molecule has 5 rings (SSSR count). The monoisotopic (exact) mass is 508 g/mol. The molecule has 3 aromatic rings. The number of amides is 1. The van der Waals surface area contributed by atoms with Gasteiger partial charge < -0.3 is 9.47 Å². The van der Waals surface area contributed by atoms with Crippen molar-refractivity contribution in [3.8, 4) is 11.5 Å². The fraction of sp³-hybridized carbons (Fsp3) is 0.333. The first-order valence-corrected chi connectivity index (χ1v) is 13.3. The summed E-state index contributed by atoms with van der Waals surface area (Å²) >= 11 is 0. The van der Waals surface area contributed by atoms with Crippen LogP contribution in [0.1, 0.15) is 73.1 Å². The highest BCUT2D eigenvalue weighted by Crippen LogP contribution is 2.47. The maximum Gasteiger partial charge on any atom is 0.274 e. The minimum absolute atomic E-state index is 0.0164. The number of para-hydroxylation sites is 2. The summed E-state index contributed by atoms with van der Waals surface area (Å²) in [7, 11) is 3.37. The Morgan fingerprint density at radius 3 is 2.26 bits per heavy atom. The van der Waals surface area contributed by atoms with E-state index in [1.165, 1.54) is 5.56 Å². The van der Waals surface area contributed by atoms with Crippen LogP contribution in [0, 0.1) is 5.92 Å². The van der Waals surface area contributed by atoms with Crippen molar-refractivity contribution in [3.63, 3.8) is 0 Å². The molecule has 0 N–H and O–H groups in total. The van der Waals surface area contributed by atoms with E-state index in [0.717, 1.165) is 53.2 Å². The maximum absolute atomic E-state index is 14.0. The van der Waals surface area contributed by atoms with Crippen LogP contribution >= 0.6 is 0 Å². The smallest absolute Gasteiger partial charge is 0.274 e. The molecule has 1 heterocycles. The molecule has 1 aliphatic heterocycles. The lowest BCUT2D eigenvalue weighted by atomic mass is 9.77. The zero-order valence-corrected chi connectivity index (χ0v) is 22.9.